The number of carbonyl (C=O) groups excluding carboxylic acids is 1. The van der Waals surface area contributed by atoms with Crippen LogP contribution < -0.4 is 5.32 Å². The topological polar surface area (TPSA) is 69.6 Å². The lowest BCUT2D eigenvalue weighted by Gasteiger charge is -2.21. The fraction of sp³-hybridized carbons (Fsp3) is 0.429. The van der Waals surface area contributed by atoms with Crippen LogP contribution in [0.4, 0.5) is 10.5 Å². The van der Waals surface area contributed by atoms with E-state index >= 15 is 0 Å². The predicted molar refractivity (Wildman–Crippen MR) is 86.3 cm³/mol. The Hall–Kier alpha value is -1.40. The molecule has 0 radical (unpaired) electrons. The number of hydrogen-bond acceptors (Lipinski definition) is 3. The van der Waals surface area contributed by atoms with Gasteiger partial charge in [-0.05, 0) is 24.0 Å². The number of thioether (sulfide) groups is 1. The number of carbonyl (C=O) groups is 2. The van der Waals surface area contributed by atoms with Gasteiger partial charge in [-0.1, -0.05) is 25.4 Å². The van der Waals surface area contributed by atoms with Crippen LogP contribution in [-0.2, 0) is 4.79 Å². The van der Waals surface area contributed by atoms with Crippen molar-refractivity contribution in [2.45, 2.75) is 18.7 Å². The fourth-order valence-electron chi connectivity index (χ4n) is 1.66. The van der Waals surface area contributed by atoms with Gasteiger partial charge in [-0.15, -0.1) is 11.8 Å². The number of amides is 2. The number of aliphatic carboxylic acids is 1. The molecule has 0 aromatic heterocycles. The van der Waals surface area contributed by atoms with Crippen molar-refractivity contribution in [3.05, 3.63) is 23.2 Å². The third-order valence-electron chi connectivity index (χ3n) is 2.80. The molecule has 0 fully saturated rings. The number of urea groups is 1. The largest absolute Gasteiger partial charge is 0.481 e. The van der Waals surface area contributed by atoms with E-state index in [1.807, 2.05) is 13.0 Å². The number of nitrogens with one attached hydrogen (secondary N) is 1. The van der Waals surface area contributed by atoms with Crippen LogP contribution in [0.25, 0.3) is 0 Å². The molecule has 1 unspecified atom stereocenters. The summed E-state index contributed by atoms with van der Waals surface area (Å²) in [4.78, 5) is 25.2. The Kier molecular flexibility index (Phi) is 6.84. The van der Waals surface area contributed by atoms with E-state index in [4.69, 9.17) is 16.7 Å². The number of benzene rings is 1. The summed E-state index contributed by atoms with van der Waals surface area (Å²) in [5, 5.41) is 12.2. The van der Waals surface area contributed by atoms with E-state index in [9.17, 15) is 9.59 Å². The highest BCUT2D eigenvalue weighted by molar-refractivity contribution is 7.99. The quantitative estimate of drug-likeness (QED) is 0.781. The number of carboxylic acids is 1. The molecule has 1 rings (SSSR count). The monoisotopic (exact) mass is 330 g/mol. The van der Waals surface area contributed by atoms with Gasteiger partial charge in [-0.25, -0.2) is 4.79 Å². The summed E-state index contributed by atoms with van der Waals surface area (Å²) < 4.78 is 0. The molecule has 7 heteroatoms. The van der Waals surface area contributed by atoms with Crippen molar-refractivity contribution >= 4 is 41.1 Å². The normalized spacial score (nSPS) is 11.8. The van der Waals surface area contributed by atoms with E-state index in [0.717, 1.165) is 10.6 Å². The molecule has 1 aromatic rings. The van der Waals surface area contributed by atoms with Gasteiger partial charge >= 0.3 is 12.0 Å². The molecule has 2 amide bonds. The molecule has 5 nitrogen and oxygen atoms in total. The van der Waals surface area contributed by atoms with Crippen molar-refractivity contribution in [2.24, 2.45) is 5.92 Å². The molecular formula is C14H19ClN2O3S. The summed E-state index contributed by atoms with van der Waals surface area (Å²) in [6.45, 7) is 3.72. The highest BCUT2D eigenvalue weighted by Gasteiger charge is 2.18. The van der Waals surface area contributed by atoms with Crippen molar-refractivity contribution in [3.63, 3.8) is 0 Å². The lowest BCUT2D eigenvalue weighted by molar-refractivity contribution is -0.141. The zero-order chi connectivity index (χ0) is 16.0. The second-order valence-corrected chi connectivity index (χ2v) is 6.37. The molecule has 116 valence electrons. The second kappa shape index (κ2) is 8.14. The highest BCUT2D eigenvalue weighted by atomic mass is 35.5. The molecule has 0 aliphatic heterocycles. The first kappa shape index (κ1) is 17.7. The van der Waals surface area contributed by atoms with Gasteiger partial charge in [-0.3, -0.25) is 4.79 Å². The Bertz CT molecular complexity index is 525. The average molecular weight is 331 g/mol. The molecule has 0 saturated carbocycles. The molecule has 2 N–H and O–H groups in total. The third-order valence-corrected chi connectivity index (χ3v) is 3.99. The van der Waals surface area contributed by atoms with Gasteiger partial charge in [-0.2, -0.15) is 0 Å². The molecule has 0 heterocycles. The standard InChI is InChI=1S/C14H19ClN2O3S/c1-4-21-12-6-5-10(15)7-11(12)16-14(20)17(3)8-9(2)13(18)19/h5-7,9H,4,8H2,1-3H3,(H,16,20)(H,18,19). The van der Waals surface area contributed by atoms with Crippen molar-refractivity contribution in [1.82, 2.24) is 4.90 Å². The molecular weight excluding hydrogens is 312 g/mol. The van der Waals surface area contributed by atoms with Crippen molar-refractivity contribution < 1.29 is 14.7 Å². The van der Waals surface area contributed by atoms with E-state index < -0.39 is 11.9 Å². The number of rotatable bonds is 6. The highest BCUT2D eigenvalue weighted by Crippen LogP contribution is 2.30. The SMILES string of the molecule is CCSc1ccc(Cl)cc1NC(=O)N(C)CC(C)C(=O)O. The second-order valence-electron chi connectivity index (χ2n) is 4.62. The van der Waals surface area contributed by atoms with Crippen LogP contribution in [0.2, 0.25) is 5.02 Å². The molecule has 0 aliphatic rings. The van der Waals surface area contributed by atoms with Crippen LogP contribution in [0.3, 0.4) is 0 Å². The number of carboxylic acid groups (broad SMARTS) is 1. The molecule has 21 heavy (non-hydrogen) atoms. The number of hydrogen-bond donors (Lipinski definition) is 2. The molecule has 1 aromatic carbocycles. The molecule has 0 saturated heterocycles. The predicted octanol–water partition coefficient (Wildman–Crippen LogP) is 3.64. The van der Waals surface area contributed by atoms with Crippen LogP contribution in [-0.4, -0.2) is 41.4 Å². The zero-order valence-corrected chi connectivity index (χ0v) is 13.8. The fourth-order valence-corrected chi connectivity index (χ4v) is 2.58. The minimum Gasteiger partial charge on any atom is -0.481 e. The Balaban J connectivity index is 2.78. The number of halogens is 1. The molecule has 0 bridgehead atoms. The van der Waals surface area contributed by atoms with Gasteiger partial charge < -0.3 is 15.3 Å². The van der Waals surface area contributed by atoms with E-state index in [-0.39, 0.29) is 12.6 Å². The zero-order valence-electron chi connectivity index (χ0n) is 12.2. The summed E-state index contributed by atoms with van der Waals surface area (Å²) in [5.41, 5.74) is 0.633. The summed E-state index contributed by atoms with van der Waals surface area (Å²) in [6.07, 6.45) is 0. The first-order valence-electron chi connectivity index (χ1n) is 6.52. The van der Waals surface area contributed by atoms with Crippen LogP contribution >= 0.6 is 23.4 Å². The van der Waals surface area contributed by atoms with Crippen LogP contribution in [0, 0.1) is 5.92 Å². The summed E-state index contributed by atoms with van der Waals surface area (Å²) in [7, 11) is 1.56. The van der Waals surface area contributed by atoms with E-state index in [0.29, 0.717) is 10.7 Å². The van der Waals surface area contributed by atoms with Gasteiger partial charge in [0.05, 0.1) is 11.6 Å². The van der Waals surface area contributed by atoms with E-state index in [2.05, 4.69) is 5.32 Å². The first-order chi connectivity index (χ1) is 9.85. The third kappa shape index (κ3) is 5.47. The minimum absolute atomic E-state index is 0.137. The maximum Gasteiger partial charge on any atom is 0.321 e. The summed E-state index contributed by atoms with van der Waals surface area (Å²) in [5.74, 6) is -0.680. The Morgan fingerprint density at radius 1 is 1.48 bits per heavy atom. The lowest BCUT2D eigenvalue weighted by Crippen LogP contribution is -2.36. The van der Waals surface area contributed by atoms with Gasteiger partial charge in [0.1, 0.15) is 0 Å². The summed E-state index contributed by atoms with van der Waals surface area (Å²) in [6, 6.07) is 4.95. The number of anilines is 1. The van der Waals surface area contributed by atoms with Crippen LogP contribution in [0.15, 0.2) is 23.1 Å². The number of nitrogens with zero attached hydrogens (tertiary/aromatic N) is 1. The summed E-state index contributed by atoms with van der Waals surface area (Å²) >= 11 is 7.55. The van der Waals surface area contributed by atoms with Crippen molar-refractivity contribution in [2.75, 3.05) is 24.7 Å². The Morgan fingerprint density at radius 2 is 2.14 bits per heavy atom. The van der Waals surface area contributed by atoms with Gasteiger partial charge in [0.15, 0.2) is 0 Å². The first-order valence-corrected chi connectivity index (χ1v) is 7.88. The van der Waals surface area contributed by atoms with Crippen LogP contribution in [0.5, 0.6) is 0 Å². The maximum atomic E-state index is 12.1. The van der Waals surface area contributed by atoms with Gasteiger partial charge in [0, 0.05) is 23.5 Å². The Morgan fingerprint density at radius 3 is 2.71 bits per heavy atom. The van der Waals surface area contributed by atoms with Crippen molar-refractivity contribution in [1.29, 1.82) is 0 Å². The van der Waals surface area contributed by atoms with Gasteiger partial charge in [0.2, 0.25) is 0 Å². The van der Waals surface area contributed by atoms with E-state index in [1.165, 1.54) is 4.90 Å². The Labute approximate surface area is 133 Å². The smallest absolute Gasteiger partial charge is 0.321 e. The lowest BCUT2D eigenvalue weighted by atomic mass is 10.2. The average Bonchev–Trinajstić information content (AvgIpc) is 2.41. The maximum absolute atomic E-state index is 12.1. The van der Waals surface area contributed by atoms with E-state index in [1.54, 1.807) is 37.9 Å². The minimum atomic E-state index is -0.931. The van der Waals surface area contributed by atoms with Crippen LogP contribution in [0.1, 0.15) is 13.8 Å². The molecule has 0 spiro atoms. The van der Waals surface area contributed by atoms with Gasteiger partial charge in [0.25, 0.3) is 0 Å². The molecule has 1 atom stereocenters. The van der Waals surface area contributed by atoms with Crippen molar-refractivity contribution in [3.8, 4) is 0 Å². The molecule has 0 aliphatic carbocycles.